The molecule has 2 aliphatic rings. The van der Waals surface area contributed by atoms with Gasteiger partial charge >= 0.3 is 5.97 Å². The molecule has 2 fully saturated rings. The molecule has 0 radical (unpaired) electrons. The van der Waals surface area contributed by atoms with Crippen molar-refractivity contribution in [2.45, 2.75) is 104 Å². The third kappa shape index (κ3) is 7.19. The number of aryl methyl sites for hydroxylation is 1. The fourth-order valence-electron chi connectivity index (χ4n) is 5.58. The highest BCUT2D eigenvalue weighted by molar-refractivity contribution is 7.87. The van der Waals surface area contributed by atoms with Gasteiger partial charge in [0.1, 0.15) is 11.9 Å². The summed E-state index contributed by atoms with van der Waals surface area (Å²) in [6.45, 7) is 10.4. The van der Waals surface area contributed by atoms with Crippen molar-refractivity contribution in [2.24, 2.45) is 17.3 Å². The highest BCUT2D eigenvalue weighted by Crippen LogP contribution is 2.42. The number of esters is 1. The number of hydrogen-bond acceptors (Lipinski definition) is 9. The van der Waals surface area contributed by atoms with Crippen LogP contribution in [0.1, 0.15) is 77.4 Å². The molecule has 0 saturated carbocycles. The maximum absolute atomic E-state index is 13.3. The fraction of sp³-hybridized carbons (Fsp3) is 0.750. The molecular formula is C28H45N3O7S2. The van der Waals surface area contributed by atoms with E-state index in [2.05, 4.69) is 4.98 Å². The summed E-state index contributed by atoms with van der Waals surface area (Å²) in [6, 6.07) is -0.649. The Morgan fingerprint density at radius 1 is 1.20 bits per heavy atom. The molecule has 40 heavy (non-hydrogen) atoms. The quantitative estimate of drug-likeness (QED) is 0.398. The van der Waals surface area contributed by atoms with Crippen LogP contribution in [0.5, 0.6) is 0 Å². The predicted molar refractivity (Wildman–Crippen MR) is 155 cm³/mol. The Bertz CT molecular complexity index is 1210. The van der Waals surface area contributed by atoms with Crippen molar-refractivity contribution in [1.29, 1.82) is 0 Å². The number of ether oxygens (including phenoxy) is 1. The lowest BCUT2D eigenvalue weighted by Crippen LogP contribution is -2.45. The maximum atomic E-state index is 13.3. The van der Waals surface area contributed by atoms with Crippen molar-refractivity contribution >= 4 is 39.4 Å². The monoisotopic (exact) mass is 599 g/mol. The highest BCUT2D eigenvalue weighted by Gasteiger charge is 2.56. The van der Waals surface area contributed by atoms with Gasteiger partial charge in [0.05, 0.1) is 34.7 Å². The molecule has 2 aliphatic heterocycles. The van der Waals surface area contributed by atoms with Crippen LogP contribution in [0.15, 0.2) is 11.0 Å². The average molecular weight is 600 g/mol. The average Bonchev–Trinajstić information content (AvgIpc) is 3.41. The number of carbonyl (C=O) groups is 2. The van der Waals surface area contributed by atoms with Gasteiger partial charge in [0.25, 0.3) is 10.2 Å². The summed E-state index contributed by atoms with van der Waals surface area (Å²) >= 11 is 1.50. The Hall–Kier alpha value is -1.70. The SMILES string of the molecule is C/C(=C\c1csc(C)n1)[C@@H]1C[C@H]2[C@@H](CCC[C@H](C)[C@H](O)[C@@H](C)C(=O)C(C)(C)[C@@H](O)CC(=O)O1)N2S(=O)(=O)N(C)C. The molecule has 1 unspecified atom stereocenters. The molecule has 0 amide bonds. The number of fused-ring (bicyclic) bond motifs is 1. The van der Waals surface area contributed by atoms with Gasteiger partial charge in [-0.05, 0) is 44.3 Å². The van der Waals surface area contributed by atoms with Crippen LogP contribution in [0.25, 0.3) is 6.08 Å². The van der Waals surface area contributed by atoms with Crippen LogP contribution in [0.2, 0.25) is 0 Å². The Balaban J connectivity index is 1.97. The second-order valence-corrected chi connectivity index (χ2v) is 15.3. The molecule has 3 heterocycles. The standard InChI is InChI=1S/C28H45N3O7S2/c1-16-10-9-11-21-22(31(21)40(36,37)30(7)8)13-23(17(2)12-20-15-39-19(4)29-20)38-25(33)14-24(32)28(5,6)27(35)18(3)26(16)34/h12,15-16,18,21-24,26,32,34H,9-11,13-14H2,1-8H3/b17-12+/t16-,18+,21+,22-,23-,24-,26-,31?/m0/s1. The van der Waals surface area contributed by atoms with Crippen LogP contribution >= 0.6 is 11.3 Å². The summed E-state index contributed by atoms with van der Waals surface area (Å²) in [5.41, 5.74) is 0.150. The third-order valence-corrected chi connectivity index (χ3v) is 11.3. The van der Waals surface area contributed by atoms with Crippen molar-refractivity contribution in [1.82, 2.24) is 13.6 Å². The first kappa shape index (κ1) is 32.8. The van der Waals surface area contributed by atoms with Gasteiger partial charge in [0.2, 0.25) is 0 Å². The van der Waals surface area contributed by atoms with E-state index in [0.717, 1.165) is 10.7 Å². The minimum absolute atomic E-state index is 0.208. The van der Waals surface area contributed by atoms with Gasteiger partial charge in [-0.3, -0.25) is 9.59 Å². The highest BCUT2D eigenvalue weighted by atomic mass is 32.2. The Morgan fingerprint density at radius 3 is 2.42 bits per heavy atom. The minimum Gasteiger partial charge on any atom is -0.458 e. The number of cyclic esters (lactones) is 1. The first-order chi connectivity index (χ1) is 18.5. The summed E-state index contributed by atoms with van der Waals surface area (Å²) < 4.78 is 34.8. The van der Waals surface area contributed by atoms with Gasteiger partial charge in [-0.15, -0.1) is 11.3 Å². The Labute approximate surface area is 242 Å². The predicted octanol–water partition coefficient (Wildman–Crippen LogP) is 3.18. The van der Waals surface area contributed by atoms with Crippen LogP contribution < -0.4 is 0 Å². The van der Waals surface area contributed by atoms with E-state index in [1.165, 1.54) is 34.0 Å². The zero-order valence-electron chi connectivity index (χ0n) is 24.8. The van der Waals surface area contributed by atoms with Gasteiger partial charge in [0.15, 0.2) is 0 Å². The van der Waals surface area contributed by atoms with E-state index < -0.39 is 52.2 Å². The number of aliphatic hydroxyl groups excluding tert-OH is 2. The van der Waals surface area contributed by atoms with E-state index >= 15 is 0 Å². The van der Waals surface area contributed by atoms with Crippen LogP contribution in [-0.2, 0) is 24.5 Å². The Kier molecular flexibility index (Phi) is 10.4. The Morgan fingerprint density at radius 2 is 1.85 bits per heavy atom. The first-order valence-corrected chi connectivity index (χ1v) is 16.2. The molecule has 0 spiro atoms. The van der Waals surface area contributed by atoms with Crippen LogP contribution in [0.3, 0.4) is 0 Å². The molecule has 0 aliphatic carbocycles. The summed E-state index contributed by atoms with van der Waals surface area (Å²) in [5, 5.41) is 24.7. The summed E-state index contributed by atoms with van der Waals surface area (Å²) in [6.07, 6.45) is 0.519. The largest absolute Gasteiger partial charge is 0.458 e. The normalized spacial score (nSPS) is 34.8. The second-order valence-electron chi connectivity index (χ2n) is 12.1. The molecule has 2 saturated heterocycles. The number of aromatic nitrogens is 1. The lowest BCUT2D eigenvalue weighted by atomic mass is 9.73. The third-order valence-electron chi connectivity index (χ3n) is 8.48. The molecule has 0 aromatic carbocycles. The number of aliphatic hydroxyl groups is 2. The maximum Gasteiger partial charge on any atom is 0.309 e. The number of Topliss-reactive ketones (excluding diaryl/α,β-unsaturated/α-hetero) is 1. The molecule has 226 valence electrons. The zero-order valence-corrected chi connectivity index (χ0v) is 26.5. The van der Waals surface area contributed by atoms with Crippen LogP contribution in [0.4, 0.5) is 0 Å². The number of carbonyl (C=O) groups excluding carboxylic acids is 2. The van der Waals surface area contributed by atoms with E-state index in [-0.39, 0.29) is 30.2 Å². The summed E-state index contributed by atoms with van der Waals surface area (Å²) in [5.74, 6) is -1.97. The molecule has 8 atom stereocenters. The van der Waals surface area contributed by atoms with Gasteiger partial charge < -0.3 is 14.9 Å². The number of thiazole rings is 1. The van der Waals surface area contributed by atoms with Gasteiger partial charge in [-0.1, -0.05) is 34.1 Å². The lowest BCUT2D eigenvalue weighted by Gasteiger charge is -2.34. The van der Waals surface area contributed by atoms with Crippen molar-refractivity contribution in [3.05, 3.63) is 21.7 Å². The summed E-state index contributed by atoms with van der Waals surface area (Å²) in [4.78, 5) is 30.9. The van der Waals surface area contributed by atoms with Gasteiger partial charge in [0, 0.05) is 43.9 Å². The van der Waals surface area contributed by atoms with Crippen molar-refractivity contribution in [3.8, 4) is 0 Å². The van der Waals surface area contributed by atoms with E-state index in [0.29, 0.717) is 24.8 Å². The number of rotatable bonds is 4. The van der Waals surface area contributed by atoms with E-state index in [9.17, 15) is 28.2 Å². The fourth-order valence-corrected chi connectivity index (χ4v) is 7.63. The van der Waals surface area contributed by atoms with Crippen LogP contribution in [0, 0.1) is 24.2 Å². The molecule has 0 bridgehead atoms. The van der Waals surface area contributed by atoms with Gasteiger partial charge in [-0.25, -0.2) is 4.98 Å². The van der Waals surface area contributed by atoms with Gasteiger partial charge in [-0.2, -0.15) is 17.0 Å². The van der Waals surface area contributed by atoms with Crippen molar-refractivity contribution < 1.29 is 33.0 Å². The zero-order chi connectivity index (χ0) is 30.2. The minimum atomic E-state index is -3.71. The molecule has 1 aromatic rings. The number of nitrogens with zero attached hydrogens (tertiary/aromatic N) is 3. The first-order valence-electron chi connectivity index (χ1n) is 13.9. The lowest BCUT2D eigenvalue weighted by molar-refractivity contribution is -0.154. The van der Waals surface area contributed by atoms with E-state index in [4.69, 9.17) is 4.74 Å². The molecule has 3 rings (SSSR count). The topological polar surface area (TPSA) is 137 Å². The van der Waals surface area contributed by atoms with Crippen molar-refractivity contribution in [2.75, 3.05) is 14.1 Å². The summed E-state index contributed by atoms with van der Waals surface area (Å²) in [7, 11) is -0.726. The number of ketones is 1. The van der Waals surface area contributed by atoms with E-state index in [1.54, 1.807) is 20.8 Å². The smallest absolute Gasteiger partial charge is 0.309 e. The van der Waals surface area contributed by atoms with Crippen LogP contribution in [-0.4, -0.2) is 88.5 Å². The van der Waals surface area contributed by atoms with Crippen molar-refractivity contribution in [3.63, 3.8) is 0 Å². The molecule has 2 N–H and O–H groups in total. The molecular weight excluding hydrogens is 554 g/mol. The second kappa shape index (κ2) is 12.7. The molecule has 1 aromatic heterocycles. The molecule has 12 heteroatoms. The van der Waals surface area contributed by atoms with E-state index in [1.807, 2.05) is 32.2 Å². The number of hydrogen-bond donors (Lipinski definition) is 2. The molecule has 10 nitrogen and oxygen atoms in total.